The Labute approximate surface area is 148 Å². The zero-order valence-corrected chi connectivity index (χ0v) is 15.0. The van der Waals surface area contributed by atoms with E-state index < -0.39 is 0 Å². The van der Waals surface area contributed by atoms with Crippen molar-refractivity contribution < 1.29 is 14.3 Å². The van der Waals surface area contributed by atoms with Gasteiger partial charge in [0.15, 0.2) is 0 Å². The van der Waals surface area contributed by atoms with Crippen LogP contribution in [-0.4, -0.2) is 37.2 Å². The van der Waals surface area contributed by atoms with E-state index in [1.54, 1.807) is 4.90 Å². The van der Waals surface area contributed by atoms with E-state index in [9.17, 15) is 9.59 Å². The number of amides is 3. The second-order valence-electron chi connectivity index (χ2n) is 7.21. The Morgan fingerprint density at radius 3 is 2.92 bits per heavy atom. The van der Waals surface area contributed by atoms with Crippen LogP contribution in [0.15, 0.2) is 24.3 Å². The third kappa shape index (κ3) is 4.51. The molecule has 3 rings (SSSR count). The number of carbonyl (C=O) groups excluding carboxylic acids is 2. The zero-order chi connectivity index (χ0) is 17.8. The molecule has 6 heteroatoms. The fourth-order valence-corrected chi connectivity index (χ4v) is 3.64. The average Bonchev–Trinajstić information content (AvgIpc) is 2.92. The van der Waals surface area contributed by atoms with Crippen molar-refractivity contribution in [3.05, 3.63) is 24.3 Å². The largest absolute Gasteiger partial charge is 0.368 e. The maximum Gasteiger partial charge on any atom is 0.322 e. The average molecular weight is 345 g/mol. The predicted molar refractivity (Wildman–Crippen MR) is 97.8 cm³/mol. The Morgan fingerprint density at radius 1 is 1.36 bits per heavy atom. The molecule has 3 amide bonds. The minimum atomic E-state index is -0.158. The minimum Gasteiger partial charge on any atom is -0.368 e. The van der Waals surface area contributed by atoms with Crippen LogP contribution in [0.1, 0.15) is 39.5 Å². The van der Waals surface area contributed by atoms with Crippen LogP contribution in [0.3, 0.4) is 0 Å². The molecule has 25 heavy (non-hydrogen) atoms. The number of ether oxygens (including phenoxy) is 1. The Balaban J connectivity index is 1.55. The van der Waals surface area contributed by atoms with E-state index in [2.05, 4.69) is 17.6 Å². The van der Waals surface area contributed by atoms with Gasteiger partial charge >= 0.3 is 6.03 Å². The molecule has 2 N–H and O–H groups in total. The first-order valence-corrected chi connectivity index (χ1v) is 9.11. The molecule has 0 aromatic heterocycles. The lowest BCUT2D eigenvalue weighted by Gasteiger charge is -2.26. The highest BCUT2D eigenvalue weighted by atomic mass is 16.5. The van der Waals surface area contributed by atoms with Gasteiger partial charge in [0.1, 0.15) is 6.61 Å². The molecule has 1 heterocycles. The third-order valence-electron chi connectivity index (χ3n) is 4.95. The van der Waals surface area contributed by atoms with Gasteiger partial charge in [-0.1, -0.05) is 25.8 Å². The summed E-state index contributed by atoms with van der Waals surface area (Å²) >= 11 is 0. The molecule has 1 saturated heterocycles. The molecule has 0 radical (unpaired) electrons. The molecule has 136 valence electrons. The highest BCUT2D eigenvalue weighted by Gasteiger charge is 2.28. The van der Waals surface area contributed by atoms with Crippen molar-refractivity contribution in [3.8, 4) is 0 Å². The molecule has 0 spiro atoms. The quantitative estimate of drug-likeness (QED) is 0.861. The zero-order valence-electron chi connectivity index (χ0n) is 15.0. The molecule has 1 aliphatic heterocycles. The number of hydrogen-bond acceptors (Lipinski definition) is 3. The molecular weight excluding hydrogens is 318 g/mol. The van der Waals surface area contributed by atoms with Crippen LogP contribution >= 0.6 is 0 Å². The van der Waals surface area contributed by atoms with Gasteiger partial charge in [-0.05, 0) is 43.9 Å². The predicted octanol–water partition coefficient (Wildman–Crippen LogP) is 3.14. The van der Waals surface area contributed by atoms with Gasteiger partial charge < -0.3 is 15.4 Å². The van der Waals surface area contributed by atoms with Crippen molar-refractivity contribution in [1.82, 2.24) is 5.32 Å². The lowest BCUT2D eigenvalue weighted by Crippen LogP contribution is -2.32. The normalized spacial score (nSPS) is 26.4. The molecule has 1 aliphatic carbocycles. The topological polar surface area (TPSA) is 70.7 Å². The summed E-state index contributed by atoms with van der Waals surface area (Å²) in [6.45, 7) is 4.92. The van der Waals surface area contributed by atoms with Gasteiger partial charge in [-0.2, -0.15) is 0 Å². The maximum atomic E-state index is 12.2. The number of anilines is 2. The monoisotopic (exact) mass is 345 g/mol. The van der Waals surface area contributed by atoms with E-state index in [0.717, 1.165) is 18.5 Å². The molecule has 6 nitrogen and oxygen atoms in total. The summed E-state index contributed by atoms with van der Waals surface area (Å²) < 4.78 is 5.76. The van der Waals surface area contributed by atoms with E-state index in [1.165, 1.54) is 12.8 Å². The molecule has 3 atom stereocenters. The van der Waals surface area contributed by atoms with Gasteiger partial charge in [-0.25, -0.2) is 4.79 Å². The highest BCUT2D eigenvalue weighted by Crippen LogP contribution is 2.26. The van der Waals surface area contributed by atoms with Crippen LogP contribution in [0.25, 0.3) is 0 Å². The molecule has 1 saturated carbocycles. The van der Waals surface area contributed by atoms with Gasteiger partial charge in [-0.15, -0.1) is 0 Å². The van der Waals surface area contributed by atoms with Crippen molar-refractivity contribution >= 4 is 23.3 Å². The first kappa shape index (κ1) is 17.7. The number of carbonyl (C=O) groups is 2. The summed E-state index contributed by atoms with van der Waals surface area (Å²) in [7, 11) is 0. The first-order valence-electron chi connectivity index (χ1n) is 9.11. The maximum absolute atomic E-state index is 12.2. The second kappa shape index (κ2) is 7.87. The number of nitrogens with one attached hydrogen (secondary N) is 2. The standard InChI is InChI=1S/C19H27N3O3/c1-13-5-3-8-17(9-13)25-12-18(23)21-15-6-4-7-16(10-15)22-14(2)11-20-19(22)24/h4,6-7,10,13-14,17H,3,5,8-9,11-12H2,1-2H3,(H,20,24)(H,21,23)/t13-,14+,17-/m1/s1. The van der Waals surface area contributed by atoms with E-state index in [1.807, 2.05) is 31.2 Å². The Kier molecular flexibility index (Phi) is 5.58. The van der Waals surface area contributed by atoms with Crippen molar-refractivity contribution in [3.63, 3.8) is 0 Å². The summed E-state index contributed by atoms with van der Waals surface area (Å²) in [5, 5.41) is 5.68. The van der Waals surface area contributed by atoms with Crippen molar-refractivity contribution in [1.29, 1.82) is 0 Å². The lowest BCUT2D eigenvalue weighted by atomic mass is 9.89. The van der Waals surface area contributed by atoms with Gasteiger partial charge in [0.25, 0.3) is 0 Å². The number of rotatable bonds is 5. The van der Waals surface area contributed by atoms with Gasteiger partial charge in [0.2, 0.25) is 5.91 Å². The summed E-state index contributed by atoms with van der Waals surface area (Å²) in [5.74, 6) is 0.515. The third-order valence-corrected chi connectivity index (χ3v) is 4.95. The van der Waals surface area contributed by atoms with Gasteiger partial charge in [0.05, 0.1) is 12.1 Å². The van der Waals surface area contributed by atoms with Crippen molar-refractivity contribution in [2.45, 2.75) is 51.7 Å². The molecular formula is C19H27N3O3. The van der Waals surface area contributed by atoms with Crippen LogP contribution in [0, 0.1) is 5.92 Å². The summed E-state index contributed by atoms with van der Waals surface area (Å²) in [6.07, 6.45) is 4.68. The van der Waals surface area contributed by atoms with E-state index in [-0.39, 0.29) is 30.7 Å². The van der Waals surface area contributed by atoms with Crippen LogP contribution in [0.5, 0.6) is 0 Å². The summed E-state index contributed by atoms with van der Waals surface area (Å²) in [5.41, 5.74) is 1.46. The minimum absolute atomic E-state index is 0.0716. The van der Waals surface area contributed by atoms with Gasteiger partial charge in [0, 0.05) is 17.9 Å². The molecule has 2 aliphatic rings. The smallest absolute Gasteiger partial charge is 0.322 e. The fourth-order valence-electron chi connectivity index (χ4n) is 3.64. The number of hydrogen-bond donors (Lipinski definition) is 2. The number of benzene rings is 1. The van der Waals surface area contributed by atoms with E-state index in [4.69, 9.17) is 4.74 Å². The molecule has 1 aromatic rings. The SMILES string of the molecule is C[C@@H]1CCC[C@@H](OCC(=O)Nc2cccc(N3C(=O)NC[C@@H]3C)c2)C1. The Bertz CT molecular complexity index is 634. The Morgan fingerprint density at radius 2 is 2.20 bits per heavy atom. The van der Waals surface area contributed by atoms with Crippen molar-refractivity contribution in [2.75, 3.05) is 23.4 Å². The summed E-state index contributed by atoms with van der Waals surface area (Å²) in [4.78, 5) is 25.8. The second-order valence-corrected chi connectivity index (χ2v) is 7.21. The van der Waals surface area contributed by atoms with Crippen molar-refractivity contribution in [2.24, 2.45) is 5.92 Å². The molecule has 2 fully saturated rings. The van der Waals surface area contributed by atoms with Gasteiger partial charge in [-0.3, -0.25) is 9.69 Å². The number of urea groups is 1. The molecule has 0 bridgehead atoms. The fraction of sp³-hybridized carbons (Fsp3) is 0.579. The summed E-state index contributed by atoms with van der Waals surface area (Å²) in [6, 6.07) is 7.34. The van der Waals surface area contributed by atoms with Crippen LogP contribution in [0.2, 0.25) is 0 Å². The van der Waals surface area contributed by atoms with E-state index >= 15 is 0 Å². The van der Waals surface area contributed by atoms with Crippen LogP contribution < -0.4 is 15.5 Å². The lowest BCUT2D eigenvalue weighted by molar-refractivity contribution is -0.123. The van der Waals surface area contributed by atoms with Crippen LogP contribution in [-0.2, 0) is 9.53 Å². The Hall–Kier alpha value is -2.08. The first-order chi connectivity index (χ1) is 12.0. The highest BCUT2D eigenvalue weighted by molar-refractivity contribution is 5.97. The molecule has 0 unspecified atom stereocenters. The van der Waals surface area contributed by atoms with E-state index in [0.29, 0.717) is 18.2 Å². The van der Waals surface area contributed by atoms with Crippen LogP contribution in [0.4, 0.5) is 16.2 Å². The number of nitrogens with zero attached hydrogens (tertiary/aromatic N) is 1. The molecule has 1 aromatic carbocycles.